The van der Waals surface area contributed by atoms with Gasteiger partial charge in [0.05, 0.1) is 6.04 Å². The monoisotopic (exact) mass is 299 g/mol. The lowest BCUT2D eigenvalue weighted by molar-refractivity contribution is 0.286. The maximum atomic E-state index is 5.58. The lowest BCUT2D eigenvalue weighted by Crippen LogP contribution is -2.47. The number of fused-ring (bicyclic) bond motifs is 1. The van der Waals surface area contributed by atoms with Crippen LogP contribution in [0.1, 0.15) is 29.8 Å². The van der Waals surface area contributed by atoms with Crippen molar-refractivity contribution in [1.82, 2.24) is 14.8 Å². The molecule has 0 saturated heterocycles. The fourth-order valence-corrected chi connectivity index (χ4v) is 3.30. The van der Waals surface area contributed by atoms with Crippen LogP contribution in [0.4, 0.5) is 0 Å². The average Bonchev–Trinajstić information content (AvgIpc) is 2.96. The van der Waals surface area contributed by atoms with Gasteiger partial charge in [-0.3, -0.25) is 0 Å². The van der Waals surface area contributed by atoms with Crippen LogP contribution in [0.3, 0.4) is 0 Å². The number of aromatic nitrogens is 1. The zero-order valence-electron chi connectivity index (χ0n) is 12.5. The smallest absolute Gasteiger partial charge is 0.169 e. The molecular formula is C17H21N3S. The summed E-state index contributed by atoms with van der Waals surface area (Å²) in [7, 11) is 0. The first-order chi connectivity index (χ1) is 10.2. The Hall–Kier alpha value is -1.81. The van der Waals surface area contributed by atoms with Gasteiger partial charge in [0, 0.05) is 31.5 Å². The van der Waals surface area contributed by atoms with Crippen molar-refractivity contribution < 1.29 is 0 Å². The molecule has 0 saturated carbocycles. The molecule has 0 spiro atoms. The van der Waals surface area contributed by atoms with Gasteiger partial charge in [0.25, 0.3) is 0 Å². The molecule has 0 unspecified atom stereocenters. The molecule has 0 aliphatic carbocycles. The summed E-state index contributed by atoms with van der Waals surface area (Å²) in [5, 5.41) is 4.14. The summed E-state index contributed by atoms with van der Waals surface area (Å²) >= 11 is 5.58. The molecule has 1 N–H and O–H groups in total. The summed E-state index contributed by atoms with van der Waals surface area (Å²) in [5.74, 6) is 0. The van der Waals surface area contributed by atoms with Crippen molar-refractivity contribution in [3.8, 4) is 0 Å². The van der Waals surface area contributed by atoms with E-state index in [0.29, 0.717) is 0 Å². The van der Waals surface area contributed by atoms with Crippen molar-refractivity contribution in [2.24, 2.45) is 0 Å². The molecule has 1 aromatic carbocycles. The van der Waals surface area contributed by atoms with Crippen LogP contribution in [-0.4, -0.2) is 27.7 Å². The minimum atomic E-state index is 0.195. The Morgan fingerprint density at radius 1 is 1.24 bits per heavy atom. The maximum absolute atomic E-state index is 5.58. The van der Waals surface area contributed by atoms with Gasteiger partial charge in [0.15, 0.2) is 5.11 Å². The second kappa shape index (κ2) is 5.90. The normalized spacial score (nSPS) is 17.4. The number of thiocarbonyl (C=S) groups is 1. The minimum Gasteiger partial charge on any atom is -0.363 e. The quantitative estimate of drug-likeness (QED) is 0.861. The van der Waals surface area contributed by atoms with E-state index in [9.17, 15) is 0 Å². The van der Waals surface area contributed by atoms with Crippen molar-refractivity contribution in [2.45, 2.75) is 26.4 Å². The Kier molecular flexibility index (Phi) is 3.97. The number of hydrogen-bond acceptors (Lipinski definition) is 1. The summed E-state index contributed by atoms with van der Waals surface area (Å²) in [6.45, 7) is 6.98. The van der Waals surface area contributed by atoms with Crippen LogP contribution >= 0.6 is 12.2 Å². The fourth-order valence-electron chi connectivity index (χ4n) is 2.95. The van der Waals surface area contributed by atoms with E-state index in [1.54, 1.807) is 0 Å². The van der Waals surface area contributed by atoms with Gasteiger partial charge in [0.2, 0.25) is 0 Å². The van der Waals surface area contributed by atoms with E-state index < -0.39 is 0 Å². The predicted octanol–water partition coefficient (Wildman–Crippen LogP) is 3.10. The summed E-state index contributed by atoms with van der Waals surface area (Å²) in [4.78, 5) is 2.30. The third kappa shape index (κ3) is 2.68. The van der Waals surface area contributed by atoms with Crippen molar-refractivity contribution in [2.75, 3.05) is 13.1 Å². The van der Waals surface area contributed by atoms with E-state index in [1.807, 2.05) is 0 Å². The highest BCUT2D eigenvalue weighted by molar-refractivity contribution is 7.80. The summed E-state index contributed by atoms with van der Waals surface area (Å²) in [6, 6.07) is 13.3. The number of hydrogen-bond donors (Lipinski definition) is 1. The minimum absolute atomic E-state index is 0.195. The molecule has 21 heavy (non-hydrogen) atoms. The molecule has 0 bridgehead atoms. The topological polar surface area (TPSA) is 20.2 Å². The van der Waals surface area contributed by atoms with Crippen molar-refractivity contribution in [1.29, 1.82) is 0 Å². The molecule has 0 amide bonds. The van der Waals surface area contributed by atoms with E-state index in [0.717, 1.165) is 24.7 Å². The second-order valence-corrected chi connectivity index (χ2v) is 5.86. The molecule has 2 heterocycles. The van der Waals surface area contributed by atoms with E-state index in [2.05, 4.69) is 71.2 Å². The van der Waals surface area contributed by atoms with Crippen LogP contribution in [0.2, 0.25) is 0 Å². The molecule has 0 fully saturated rings. The molecule has 4 heteroatoms. The largest absolute Gasteiger partial charge is 0.363 e. The van der Waals surface area contributed by atoms with Gasteiger partial charge < -0.3 is 14.8 Å². The third-order valence-electron chi connectivity index (χ3n) is 4.02. The zero-order valence-corrected chi connectivity index (χ0v) is 13.4. The van der Waals surface area contributed by atoms with E-state index in [-0.39, 0.29) is 6.04 Å². The van der Waals surface area contributed by atoms with Gasteiger partial charge in [-0.05, 0) is 43.8 Å². The Bertz CT molecular complexity index is 630. The molecule has 2 aromatic rings. The van der Waals surface area contributed by atoms with Crippen LogP contribution in [0.25, 0.3) is 0 Å². The Labute approximate surface area is 131 Å². The van der Waals surface area contributed by atoms with Crippen LogP contribution in [0.5, 0.6) is 0 Å². The predicted molar refractivity (Wildman–Crippen MR) is 90.4 cm³/mol. The van der Waals surface area contributed by atoms with E-state index in [4.69, 9.17) is 12.2 Å². The first kappa shape index (κ1) is 14.1. The van der Waals surface area contributed by atoms with Gasteiger partial charge in [-0.25, -0.2) is 0 Å². The molecule has 0 radical (unpaired) electrons. The highest BCUT2D eigenvalue weighted by atomic mass is 32.1. The van der Waals surface area contributed by atoms with Crippen LogP contribution in [-0.2, 0) is 6.54 Å². The molecule has 1 atom stereocenters. The third-order valence-corrected chi connectivity index (χ3v) is 4.40. The van der Waals surface area contributed by atoms with Crippen molar-refractivity contribution in [3.05, 3.63) is 59.4 Å². The van der Waals surface area contributed by atoms with E-state index >= 15 is 0 Å². The van der Waals surface area contributed by atoms with E-state index in [1.165, 1.54) is 16.8 Å². The summed E-state index contributed by atoms with van der Waals surface area (Å²) in [5.41, 5.74) is 3.89. The molecule has 1 aliphatic rings. The highest BCUT2D eigenvalue weighted by Crippen LogP contribution is 2.32. The first-order valence-electron chi connectivity index (χ1n) is 7.46. The van der Waals surface area contributed by atoms with Gasteiger partial charge >= 0.3 is 0 Å². The second-order valence-electron chi connectivity index (χ2n) is 5.47. The van der Waals surface area contributed by atoms with Crippen molar-refractivity contribution in [3.63, 3.8) is 0 Å². The average molecular weight is 299 g/mol. The standard InChI is InChI=1S/C17H21N3S/c1-3-18-17(21)20-12-11-19-10-4-5-15(19)16(20)14-8-6-13(2)7-9-14/h4-10,16H,3,11-12H2,1-2H3,(H,18,21)/t16-/m1/s1. The first-order valence-corrected chi connectivity index (χ1v) is 7.87. The Morgan fingerprint density at radius 3 is 2.71 bits per heavy atom. The van der Waals surface area contributed by atoms with Gasteiger partial charge in [0.1, 0.15) is 0 Å². The highest BCUT2D eigenvalue weighted by Gasteiger charge is 2.30. The van der Waals surface area contributed by atoms with Crippen LogP contribution < -0.4 is 5.32 Å². The molecular weight excluding hydrogens is 278 g/mol. The summed E-state index contributed by atoms with van der Waals surface area (Å²) in [6.07, 6.45) is 2.16. The SMILES string of the molecule is CCNC(=S)N1CCn2cccc2[C@H]1c1ccc(C)cc1. The molecule has 110 valence electrons. The summed E-state index contributed by atoms with van der Waals surface area (Å²) < 4.78 is 2.33. The molecule has 3 rings (SSSR count). The zero-order chi connectivity index (χ0) is 14.8. The van der Waals surface area contributed by atoms with Crippen molar-refractivity contribution >= 4 is 17.3 Å². The van der Waals surface area contributed by atoms with Crippen LogP contribution in [0, 0.1) is 6.92 Å². The number of rotatable bonds is 2. The number of aryl methyl sites for hydroxylation is 1. The fraction of sp³-hybridized carbons (Fsp3) is 0.353. The molecule has 1 aromatic heterocycles. The van der Waals surface area contributed by atoms with Gasteiger partial charge in [-0.15, -0.1) is 0 Å². The van der Waals surface area contributed by atoms with Gasteiger partial charge in [-0.2, -0.15) is 0 Å². The number of benzene rings is 1. The maximum Gasteiger partial charge on any atom is 0.169 e. The van der Waals surface area contributed by atoms with Crippen LogP contribution in [0.15, 0.2) is 42.6 Å². The number of nitrogens with zero attached hydrogens (tertiary/aromatic N) is 2. The lowest BCUT2D eigenvalue weighted by atomic mass is 9.99. The number of nitrogens with one attached hydrogen (secondary N) is 1. The van der Waals surface area contributed by atoms with Gasteiger partial charge in [-0.1, -0.05) is 29.8 Å². The Morgan fingerprint density at radius 2 is 2.00 bits per heavy atom. The molecule has 1 aliphatic heterocycles. The Balaban J connectivity index is 2.01. The lowest BCUT2D eigenvalue weighted by Gasteiger charge is -2.39. The molecule has 3 nitrogen and oxygen atoms in total.